The van der Waals surface area contributed by atoms with Gasteiger partial charge in [0.05, 0.1) is 6.10 Å². The molecule has 2 N–H and O–H groups in total. The Bertz CT molecular complexity index is 1230. The van der Waals surface area contributed by atoms with Gasteiger partial charge in [0, 0.05) is 35.1 Å². The van der Waals surface area contributed by atoms with Crippen molar-refractivity contribution in [3.8, 4) is 16.5 Å². The second-order valence-corrected chi connectivity index (χ2v) is 9.86. The van der Waals surface area contributed by atoms with Crippen LogP contribution in [0.25, 0.3) is 26.8 Å². The maximum Gasteiger partial charge on any atom is 0.262 e. The van der Waals surface area contributed by atoms with E-state index in [1.165, 1.54) is 16.5 Å². The molecule has 3 aromatic rings. The van der Waals surface area contributed by atoms with Crippen LogP contribution in [0.2, 0.25) is 0 Å². The van der Waals surface area contributed by atoms with Gasteiger partial charge in [-0.15, -0.1) is 11.3 Å². The molecule has 0 saturated heterocycles. The molecule has 1 heterocycles. The average Bonchev–Trinajstić information content (AvgIpc) is 3.37. The lowest BCUT2D eigenvalue weighted by Gasteiger charge is -2.24. The van der Waals surface area contributed by atoms with Crippen LogP contribution in [0.3, 0.4) is 0 Å². The first-order chi connectivity index (χ1) is 16.9. The fourth-order valence-electron chi connectivity index (χ4n) is 4.06. The third-order valence-electron chi connectivity index (χ3n) is 6.12. The number of carbonyl (C=O) groups excluding carboxylic acids is 1. The van der Waals surface area contributed by atoms with Gasteiger partial charge in [0.25, 0.3) is 5.91 Å². The van der Waals surface area contributed by atoms with Crippen LogP contribution < -0.4 is 10.2 Å². The van der Waals surface area contributed by atoms with Crippen molar-refractivity contribution in [2.45, 2.75) is 53.1 Å². The van der Waals surface area contributed by atoms with Gasteiger partial charge in [-0.2, -0.15) is 5.26 Å². The molecule has 0 spiro atoms. The molecule has 35 heavy (non-hydrogen) atoms. The Morgan fingerprint density at radius 3 is 2.40 bits per heavy atom. The molecule has 2 aromatic carbocycles. The van der Waals surface area contributed by atoms with Gasteiger partial charge < -0.3 is 15.3 Å². The van der Waals surface area contributed by atoms with Crippen molar-refractivity contribution in [1.82, 2.24) is 5.32 Å². The maximum absolute atomic E-state index is 12.5. The highest BCUT2D eigenvalue weighted by molar-refractivity contribution is 7.16. The number of rotatable bonds is 11. The summed E-state index contributed by atoms with van der Waals surface area (Å²) in [5.74, 6) is -0.450. The number of fused-ring (bicyclic) bond motifs is 1. The Kier molecular flexibility index (Phi) is 9.47. The minimum Gasteiger partial charge on any atom is -0.391 e. The molecular formula is C29H35N3O2S. The normalized spacial score (nSPS) is 12.7. The second kappa shape index (κ2) is 12.5. The molecule has 0 aliphatic rings. The first-order valence-electron chi connectivity index (χ1n) is 12.4. The summed E-state index contributed by atoms with van der Waals surface area (Å²) >= 11 is 1.57. The first-order valence-corrected chi connectivity index (χ1v) is 13.2. The highest BCUT2D eigenvalue weighted by atomic mass is 32.1. The molecule has 1 aromatic heterocycles. The van der Waals surface area contributed by atoms with E-state index in [9.17, 15) is 15.2 Å². The van der Waals surface area contributed by atoms with E-state index in [-0.39, 0.29) is 12.1 Å². The quantitative estimate of drug-likeness (QED) is 0.242. The molecule has 1 amide bonds. The van der Waals surface area contributed by atoms with E-state index in [4.69, 9.17) is 0 Å². The number of allylic oxidation sites excluding steroid dienone is 1. The van der Waals surface area contributed by atoms with E-state index < -0.39 is 12.0 Å². The second-order valence-electron chi connectivity index (χ2n) is 8.78. The van der Waals surface area contributed by atoms with Crippen LogP contribution >= 0.6 is 11.3 Å². The van der Waals surface area contributed by atoms with E-state index in [0.717, 1.165) is 41.2 Å². The fourth-order valence-corrected chi connectivity index (χ4v) is 5.07. The minimum atomic E-state index is -0.613. The molecular weight excluding hydrogens is 454 g/mol. The number of nitriles is 1. The predicted molar refractivity (Wildman–Crippen MR) is 148 cm³/mol. The zero-order valence-corrected chi connectivity index (χ0v) is 21.9. The van der Waals surface area contributed by atoms with E-state index in [1.807, 2.05) is 25.1 Å². The SMILES string of the molecule is CCCN(CCC)c1ccc2cc(-c3ccc(/C(C)=C(\C#N)C(=O)NCC(O)CC)s3)ccc2c1. The number of benzene rings is 2. The molecule has 0 radical (unpaired) electrons. The number of aliphatic hydroxyl groups excluding tert-OH is 1. The summed E-state index contributed by atoms with van der Waals surface area (Å²) in [5.41, 5.74) is 3.10. The molecule has 0 saturated carbocycles. The smallest absolute Gasteiger partial charge is 0.262 e. The van der Waals surface area contributed by atoms with Crippen molar-refractivity contribution < 1.29 is 9.90 Å². The van der Waals surface area contributed by atoms with Crippen LogP contribution in [0.1, 0.15) is 51.8 Å². The lowest BCUT2D eigenvalue weighted by Crippen LogP contribution is -2.32. The Hall–Kier alpha value is -3.14. The van der Waals surface area contributed by atoms with Crippen LogP contribution in [0.5, 0.6) is 0 Å². The van der Waals surface area contributed by atoms with Crippen molar-refractivity contribution in [3.05, 3.63) is 59.0 Å². The van der Waals surface area contributed by atoms with Crippen molar-refractivity contribution in [3.63, 3.8) is 0 Å². The largest absolute Gasteiger partial charge is 0.391 e. The van der Waals surface area contributed by atoms with Crippen LogP contribution in [0, 0.1) is 11.3 Å². The van der Waals surface area contributed by atoms with Crippen molar-refractivity contribution in [2.24, 2.45) is 0 Å². The number of nitrogens with one attached hydrogen (secondary N) is 1. The summed E-state index contributed by atoms with van der Waals surface area (Å²) in [6.45, 7) is 10.3. The van der Waals surface area contributed by atoms with Crippen LogP contribution in [0.4, 0.5) is 5.69 Å². The van der Waals surface area contributed by atoms with E-state index in [2.05, 4.69) is 60.5 Å². The summed E-state index contributed by atoms with van der Waals surface area (Å²) in [6, 6.07) is 19.2. The van der Waals surface area contributed by atoms with Crippen LogP contribution in [0.15, 0.2) is 54.1 Å². The Labute approximate surface area is 212 Å². The molecule has 0 bridgehead atoms. The van der Waals surface area contributed by atoms with Gasteiger partial charge in [0.2, 0.25) is 0 Å². The Morgan fingerprint density at radius 2 is 1.74 bits per heavy atom. The number of hydrogen-bond donors (Lipinski definition) is 2. The van der Waals surface area contributed by atoms with Crippen molar-refractivity contribution in [1.29, 1.82) is 5.26 Å². The van der Waals surface area contributed by atoms with Crippen molar-refractivity contribution in [2.75, 3.05) is 24.5 Å². The maximum atomic E-state index is 12.5. The number of nitrogens with zero attached hydrogens (tertiary/aromatic N) is 2. The number of amides is 1. The number of anilines is 1. The number of hydrogen-bond acceptors (Lipinski definition) is 5. The number of thiophene rings is 1. The van der Waals surface area contributed by atoms with Gasteiger partial charge >= 0.3 is 0 Å². The Balaban J connectivity index is 1.85. The monoisotopic (exact) mass is 489 g/mol. The molecule has 0 fully saturated rings. The molecule has 3 rings (SSSR count). The van der Waals surface area contributed by atoms with Gasteiger partial charge in [0.15, 0.2) is 0 Å². The highest BCUT2D eigenvalue weighted by Crippen LogP contribution is 2.35. The zero-order valence-electron chi connectivity index (χ0n) is 21.1. The fraction of sp³-hybridized carbons (Fsp3) is 0.379. The highest BCUT2D eigenvalue weighted by Gasteiger charge is 2.16. The summed E-state index contributed by atoms with van der Waals surface area (Å²) in [5, 5.41) is 24.3. The molecule has 184 valence electrons. The van der Waals surface area contributed by atoms with Gasteiger partial charge in [-0.25, -0.2) is 0 Å². The molecule has 1 atom stereocenters. The van der Waals surface area contributed by atoms with E-state index in [1.54, 1.807) is 18.3 Å². The van der Waals surface area contributed by atoms with Gasteiger partial charge in [0.1, 0.15) is 11.6 Å². The first kappa shape index (κ1) is 26.5. The molecule has 0 aliphatic carbocycles. The summed E-state index contributed by atoms with van der Waals surface area (Å²) in [6.07, 6.45) is 2.18. The third-order valence-corrected chi connectivity index (χ3v) is 7.37. The molecule has 0 aliphatic heterocycles. The molecule has 5 nitrogen and oxygen atoms in total. The minimum absolute atomic E-state index is 0.0801. The Morgan fingerprint density at radius 1 is 1.06 bits per heavy atom. The summed E-state index contributed by atoms with van der Waals surface area (Å²) in [4.78, 5) is 16.9. The van der Waals surface area contributed by atoms with Gasteiger partial charge in [-0.1, -0.05) is 39.0 Å². The summed E-state index contributed by atoms with van der Waals surface area (Å²) in [7, 11) is 0. The van der Waals surface area contributed by atoms with Gasteiger partial charge in [-0.3, -0.25) is 4.79 Å². The number of carbonyl (C=O) groups is 1. The van der Waals surface area contributed by atoms with Crippen LogP contribution in [-0.4, -0.2) is 36.8 Å². The number of aliphatic hydroxyl groups is 1. The molecule has 6 heteroatoms. The van der Waals surface area contributed by atoms with Crippen LogP contribution in [-0.2, 0) is 4.79 Å². The van der Waals surface area contributed by atoms with E-state index >= 15 is 0 Å². The average molecular weight is 490 g/mol. The lowest BCUT2D eigenvalue weighted by molar-refractivity contribution is -0.117. The topological polar surface area (TPSA) is 76.4 Å². The van der Waals surface area contributed by atoms with Gasteiger partial charge in [-0.05, 0) is 78.4 Å². The molecule has 1 unspecified atom stereocenters. The standard InChI is InChI=1S/C29H35N3O2S/c1-5-14-32(15-6-2)24-11-10-21-16-23(9-8-22(21)17-24)28-13-12-27(35-28)20(4)26(18-30)29(34)31-19-25(33)7-3/h8-13,16-17,25,33H,5-7,14-15,19H2,1-4H3,(H,31,34)/b26-20+. The lowest BCUT2D eigenvalue weighted by atomic mass is 10.0. The summed E-state index contributed by atoms with van der Waals surface area (Å²) < 4.78 is 0. The van der Waals surface area contributed by atoms with Crippen molar-refractivity contribution >= 4 is 39.3 Å². The zero-order chi connectivity index (χ0) is 25.4. The van der Waals surface area contributed by atoms with E-state index in [0.29, 0.717) is 12.0 Å². The predicted octanol–water partition coefficient (Wildman–Crippen LogP) is 6.38. The third kappa shape index (κ3) is 6.50.